The number of benzene rings is 1. The topological polar surface area (TPSA) is 26.3 Å². The lowest BCUT2D eigenvalue weighted by Crippen LogP contribution is -2.21. The fraction of sp³-hybridized carbons (Fsp3) is 0.500. The Morgan fingerprint density at radius 3 is 2.75 bits per heavy atom. The molecule has 86 valence electrons. The number of carbonyl (C=O) groups is 1. The maximum absolute atomic E-state index is 11.6. The van der Waals surface area contributed by atoms with Crippen LogP contribution in [0.5, 0.6) is 5.75 Å². The zero-order valence-electron chi connectivity index (χ0n) is 9.52. The number of ether oxygens (including phenoxy) is 1. The first-order valence-corrected chi connectivity index (χ1v) is 6.07. The Kier molecular flexibility index (Phi) is 3.97. The fourth-order valence-electron chi connectivity index (χ4n) is 2.20. The van der Waals surface area contributed by atoms with Crippen molar-refractivity contribution < 1.29 is 9.53 Å². The Bertz CT molecular complexity index is 332. The second-order valence-electron chi connectivity index (χ2n) is 4.36. The van der Waals surface area contributed by atoms with Crippen LogP contribution >= 0.6 is 0 Å². The summed E-state index contributed by atoms with van der Waals surface area (Å²) in [6.07, 6.45) is 4.97. The van der Waals surface area contributed by atoms with Gasteiger partial charge in [-0.15, -0.1) is 0 Å². The van der Waals surface area contributed by atoms with Gasteiger partial charge in [0, 0.05) is 12.3 Å². The molecule has 16 heavy (non-hydrogen) atoms. The lowest BCUT2D eigenvalue weighted by Gasteiger charge is -2.20. The van der Waals surface area contributed by atoms with Crippen LogP contribution in [-0.4, -0.2) is 12.4 Å². The van der Waals surface area contributed by atoms with E-state index in [4.69, 9.17) is 4.74 Å². The molecule has 0 aliphatic heterocycles. The molecule has 1 unspecified atom stereocenters. The summed E-state index contributed by atoms with van der Waals surface area (Å²) in [5, 5.41) is 0. The minimum Gasteiger partial charge on any atom is -0.494 e. The van der Waals surface area contributed by atoms with E-state index in [0.29, 0.717) is 12.4 Å². The van der Waals surface area contributed by atoms with Crippen LogP contribution in [-0.2, 0) is 4.79 Å². The molecule has 1 atom stereocenters. The normalized spacial score (nSPS) is 20.8. The SMILES string of the molecule is O=C1CCCCC1CCOc1ccccc1. The molecule has 1 aromatic carbocycles. The number of hydrogen-bond acceptors (Lipinski definition) is 2. The number of rotatable bonds is 4. The van der Waals surface area contributed by atoms with Crippen LogP contribution in [0.15, 0.2) is 30.3 Å². The zero-order valence-corrected chi connectivity index (χ0v) is 9.52. The Morgan fingerprint density at radius 1 is 1.19 bits per heavy atom. The molecule has 1 fully saturated rings. The van der Waals surface area contributed by atoms with Crippen LogP contribution in [0.4, 0.5) is 0 Å². The minimum absolute atomic E-state index is 0.248. The van der Waals surface area contributed by atoms with Gasteiger partial charge in [-0.2, -0.15) is 0 Å². The molecule has 2 rings (SSSR count). The van der Waals surface area contributed by atoms with Gasteiger partial charge in [-0.3, -0.25) is 4.79 Å². The van der Waals surface area contributed by atoms with Gasteiger partial charge in [0.1, 0.15) is 11.5 Å². The first-order valence-electron chi connectivity index (χ1n) is 6.07. The van der Waals surface area contributed by atoms with E-state index in [-0.39, 0.29) is 5.92 Å². The lowest BCUT2D eigenvalue weighted by atomic mass is 9.86. The van der Waals surface area contributed by atoms with Crippen molar-refractivity contribution in [3.05, 3.63) is 30.3 Å². The number of ketones is 1. The third-order valence-electron chi connectivity index (χ3n) is 3.16. The average Bonchev–Trinajstić information content (AvgIpc) is 2.33. The van der Waals surface area contributed by atoms with Crippen LogP contribution in [0.2, 0.25) is 0 Å². The third-order valence-corrected chi connectivity index (χ3v) is 3.16. The molecule has 0 radical (unpaired) electrons. The molecule has 0 bridgehead atoms. The van der Waals surface area contributed by atoms with Crippen LogP contribution in [0.1, 0.15) is 32.1 Å². The molecular weight excluding hydrogens is 200 g/mol. The predicted octanol–water partition coefficient (Wildman–Crippen LogP) is 3.21. The highest BCUT2D eigenvalue weighted by molar-refractivity contribution is 5.81. The number of carbonyl (C=O) groups excluding carboxylic acids is 1. The van der Waals surface area contributed by atoms with Crippen molar-refractivity contribution in [3.63, 3.8) is 0 Å². The third kappa shape index (κ3) is 3.09. The summed E-state index contributed by atoms with van der Waals surface area (Å²) in [4.78, 5) is 11.6. The summed E-state index contributed by atoms with van der Waals surface area (Å²) in [5.41, 5.74) is 0. The summed E-state index contributed by atoms with van der Waals surface area (Å²) in [7, 11) is 0. The monoisotopic (exact) mass is 218 g/mol. The summed E-state index contributed by atoms with van der Waals surface area (Å²) < 4.78 is 5.60. The van der Waals surface area contributed by atoms with Gasteiger partial charge in [-0.25, -0.2) is 0 Å². The quantitative estimate of drug-likeness (QED) is 0.775. The van der Waals surface area contributed by atoms with E-state index < -0.39 is 0 Å². The highest BCUT2D eigenvalue weighted by atomic mass is 16.5. The molecular formula is C14H18O2. The molecule has 1 saturated carbocycles. The van der Waals surface area contributed by atoms with E-state index >= 15 is 0 Å². The number of Topliss-reactive ketones (excluding diaryl/α,β-unsaturated/α-hetero) is 1. The highest BCUT2D eigenvalue weighted by Gasteiger charge is 2.21. The Hall–Kier alpha value is -1.31. The van der Waals surface area contributed by atoms with E-state index in [1.807, 2.05) is 30.3 Å². The van der Waals surface area contributed by atoms with E-state index in [1.165, 1.54) is 6.42 Å². The minimum atomic E-state index is 0.248. The van der Waals surface area contributed by atoms with Gasteiger partial charge in [0.25, 0.3) is 0 Å². The summed E-state index contributed by atoms with van der Waals surface area (Å²) >= 11 is 0. The van der Waals surface area contributed by atoms with E-state index in [9.17, 15) is 4.79 Å². The maximum Gasteiger partial charge on any atom is 0.136 e. The molecule has 0 spiro atoms. The van der Waals surface area contributed by atoms with Crippen LogP contribution < -0.4 is 4.74 Å². The molecule has 0 N–H and O–H groups in total. The number of para-hydroxylation sites is 1. The van der Waals surface area contributed by atoms with Crippen molar-refractivity contribution in [1.29, 1.82) is 0 Å². The van der Waals surface area contributed by atoms with Gasteiger partial charge in [-0.1, -0.05) is 24.6 Å². The molecule has 2 heteroatoms. The molecule has 1 aliphatic carbocycles. The highest BCUT2D eigenvalue weighted by Crippen LogP contribution is 2.23. The van der Waals surface area contributed by atoms with Crippen molar-refractivity contribution in [1.82, 2.24) is 0 Å². The molecule has 0 amide bonds. The van der Waals surface area contributed by atoms with Crippen molar-refractivity contribution in [2.75, 3.05) is 6.61 Å². The van der Waals surface area contributed by atoms with Gasteiger partial charge in [0.15, 0.2) is 0 Å². The van der Waals surface area contributed by atoms with Crippen LogP contribution in [0, 0.1) is 5.92 Å². The standard InChI is InChI=1S/C14H18O2/c15-14-9-5-4-6-12(14)10-11-16-13-7-2-1-3-8-13/h1-3,7-8,12H,4-6,9-11H2. The molecule has 0 aromatic heterocycles. The largest absolute Gasteiger partial charge is 0.494 e. The van der Waals surface area contributed by atoms with Crippen molar-refractivity contribution in [2.45, 2.75) is 32.1 Å². The first-order chi connectivity index (χ1) is 7.86. The number of hydrogen-bond donors (Lipinski definition) is 0. The van der Waals surface area contributed by atoms with Gasteiger partial charge in [0.05, 0.1) is 6.61 Å². The fourth-order valence-corrected chi connectivity index (χ4v) is 2.20. The van der Waals surface area contributed by atoms with Crippen molar-refractivity contribution in [3.8, 4) is 5.75 Å². The summed E-state index contributed by atoms with van der Waals surface area (Å²) in [5.74, 6) is 1.58. The van der Waals surface area contributed by atoms with Gasteiger partial charge in [0.2, 0.25) is 0 Å². The second-order valence-corrected chi connectivity index (χ2v) is 4.36. The van der Waals surface area contributed by atoms with Gasteiger partial charge in [-0.05, 0) is 31.4 Å². The Balaban J connectivity index is 1.73. The summed E-state index contributed by atoms with van der Waals surface area (Å²) in [6.45, 7) is 0.653. The Labute approximate surface area is 96.6 Å². The molecule has 1 aliphatic rings. The van der Waals surface area contributed by atoms with Crippen LogP contribution in [0.25, 0.3) is 0 Å². The molecule has 1 aromatic rings. The van der Waals surface area contributed by atoms with Gasteiger partial charge < -0.3 is 4.74 Å². The lowest BCUT2D eigenvalue weighted by molar-refractivity contribution is -0.125. The average molecular weight is 218 g/mol. The zero-order chi connectivity index (χ0) is 11.2. The molecule has 2 nitrogen and oxygen atoms in total. The van der Waals surface area contributed by atoms with Crippen molar-refractivity contribution in [2.24, 2.45) is 5.92 Å². The predicted molar refractivity (Wildman–Crippen MR) is 63.5 cm³/mol. The van der Waals surface area contributed by atoms with Crippen LogP contribution in [0.3, 0.4) is 0 Å². The first kappa shape index (κ1) is 11.2. The Morgan fingerprint density at radius 2 is 2.00 bits per heavy atom. The van der Waals surface area contributed by atoms with E-state index in [1.54, 1.807) is 0 Å². The molecule has 0 saturated heterocycles. The van der Waals surface area contributed by atoms with E-state index in [2.05, 4.69) is 0 Å². The maximum atomic E-state index is 11.6. The summed E-state index contributed by atoms with van der Waals surface area (Å²) in [6, 6.07) is 9.78. The second kappa shape index (κ2) is 5.69. The van der Waals surface area contributed by atoms with Gasteiger partial charge >= 0.3 is 0 Å². The van der Waals surface area contributed by atoms with E-state index in [0.717, 1.165) is 31.4 Å². The van der Waals surface area contributed by atoms with Crippen molar-refractivity contribution >= 4 is 5.78 Å². The molecule has 0 heterocycles. The smallest absolute Gasteiger partial charge is 0.136 e.